The van der Waals surface area contributed by atoms with Crippen LogP contribution < -0.4 is 4.90 Å². The molecule has 13 aromatic rings. The summed E-state index contributed by atoms with van der Waals surface area (Å²) < 4.78 is 13.8. The van der Waals surface area contributed by atoms with Crippen LogP contribution in [-0.4, -0.2) is 0 Å². The molecule has 0 spiro atoms. The summed E-state index contributed by atoms with van der Waals surface area (Å²) in [5.41, 5.74) is 15.4. The van der Waals surface area contributed by atoms with Gasteiger partial charge >= 0.3 is 0 Å². The molecule has 304 valence electrons. The van der Waals surface area contributed by atoms with Gasteiger partial charge in [0.25, 0.3) is 0 Å². The lowest BCUT2D eigenvalue weighted by Crippen LogP contribution is -2.10. The van der Waals surface area contributed by atoms with Crippen molar-refractivity contribution in [3.63, 3.8) is 0 Å². The third-order valence-electron chi connectivity index (χ3n) is 13.1. The van der Waals surface area contributed by atoms with Crippen LogP contribution in [-0.2, 0) is 0 Å². The Labute approximate surface area is 375 Å². The van der Waals surface area contributed by atoms with Gasteiger partial charge in [0.2, 0.25) is 0 Å². The Bertz CT molecular complexity index is 3920. The third kappa shape index (κ3) is 6.28. The van der Waals surface area contributed by atoms with E-state index in [-0.39, 0.29) is 0 Å². The Balaban J connectivity index is 1.00. The number of hydrogen-bond donors (Lipinski definition) is 0. The van der Waals surface area contributed by atoms with Gasteiger partial charge < -0.3 is 13.7 Å². The highest BCUT2D eigenvalue weighted by Gasteiger charge is 2.24. The molecule has 11 aromatic carbocycles. The van der Waals surface area contributed by atoms with Crippen LogP contribution >= 0.6 is 0 Å². The summed E-state index contributed by atoms with van der Waals surface area (Å²) in [6, 6.07) is 84.5. The molecule has 2 aromatic heterocycles. The Morgan fingerprint density at radius 1 is 0.277 bits per heavy atom. The van der Waals surface area contributed by atoms with Crippen molar-refractivity contribution in [1.82, 2.24) is 0 Å². The molecule has 0 saturated heterocycles. The zero-order chi connectivity index (χ0) is 42.8. The number of anilines is 3. The van der Waals surface area contributed by atoms with Crippen LogP contribution in [0, 0.1) is 0 Å². The van der Waals surface area contributed by atoms with Gasteiger partial charge in [-0.05, 0) is 127 Å². The predicted molar refractivity (Wildman–Crippen MR) is 272 cm³/mol. The molecule has 0 amide bonds. The zero-order valence-corrected chi connectivity index (χ0v) is 35.3. The second kappa shape index (κ2) is 15.0. The smallest absolute Gasteiger partial charge is 0.145 e. The summed E-state index contributed by atoms with van der Waals surface area (Å²) in [6.45, 7) is 0. The van der Waals surface area contributed by atoms with E-state index in [9.17, 15) is 0 Å². The number of rotatable bonds is 7. The molecule has 65 heavy (non-hydrogen) atoms. The molecule has 2 heterocycles. The molecule has 0 N–H and O–H groups in total. The lowest BCUT2D eigenvalue weighted by molar-refractivity contribution is 0.669. The van der Waals surface area contributed by atoms with Crippen LogP contribution in [0.3, 0.4) is 0 Å². The number of nitrogens with zero attached hydrogens (tertiary/aromatic N) is 1. The van der Waals surface area contributed by atoms with E-state index in [1.165, 1.54) is 27.1 Å². The summed E-state index contributed by atoms with van der Waals surface area (Å²) in [5, 5.41) is 9.28. The molecule has 0 atom stereocenters. The van der Waals surface area contributed by atoms with Crippen LogP contribution in [0.5, 0.6) is 0 Å². The van der Waals surface area contributed by atoms with Gasteiger partial charge in [-0.3, -0.25) is 0 Å². The largest absolute Gasteiger partial charge is 0.456 e. The fourth-order valence-electron chi connectivity index (χ4n) is 9.84. The monoisotopic (exact) mass is 829 g/mol. The van der Waals surface area contributed by atoms with E-state index in [1.54, 1.807) is 0 Å². The maximum Gasteiger partial charge on any atom is 0.145 e. The van der Waals surface area contributed by atoms with Gasteiger partial charge in [0, 0.05) is 39.2 Å². The first-order valence-corrected chi connectivity index (χ1v) is 22.1. The lowest BCUT2D eigenvalue weighted by Gasteiger charge is -2.27. The van der Waals surface area contributed by atoms with Crippen molar-refractivity contribution < 1.29 is 8.83 Å². The first-order valence-electron chi connectivity index (χ1n) is 22.1. The maximum absolute atomic E-state index is 7.01. The number of fused-ring (bicyclic) bond motifs is 9. The van der Waals surface area contributed by atoms with Crippen molar-refractivity contribution in [1.29, 1.82) is 0 Å². The molecule has 13 rings (SSSR count). The molecule has 0 radical (unpaired) electrons. The van der Waals surface area contributed by atoms with E-state index in [0.29, 0.717) is 0 Å². The predicted octanol–water partition coefficient (Wildman–Crippen LogP) is 17.9. The number of hydrogen-bond acceptors (Lipinski definition) is 3. The van der Waals surface area contributed by atoms with Crippen LogP contribution in [0.2, 0.25) is 0 Å². The summed E-state index contributed by atoms with van der Waals surface area (Å²) in [6.07, 6.45) is 0. The van der Waals surface area contributed by atoms with Gasteiger partial charge in [-0.15, -0.1) is 0 Å². The highest BCUT2D eigenvalue weighted by atomic mass is 16.3. The van der Waals surface area contributed by atoms with Gasteiger partial charge in [-0.2, -0.15) is 0 Å². The average Bonchev–Trinajstić information content (AvgIpc) is 3.95. The van der Waals surface area contributed by atoms with E-state index in [1.807, 2.05) is 6.07 Å². The zero-order valence-electron chi connectivity index (χ0n) is 35.3. The third-order valence-corrected chi connectivity index (χ3v) is 13.1. The quantitative estimate of drug-likeness (QED) is 0.150. The molecular formula is C62H39NO2. The van der Waals surface area contributed by atoms with Gasteiger partial charge in [-0.25, -0.2) is 0 Å². The SMILES string of the molecule is c1ccc(-c2ccc3c(c2)oc2cc(N(c4ccc(-c5ccc6c(ccc7ccccc76)c5)cc4)c4ccc(-c5ccccc5)c5oc6cc(-c7ccccc7)ccc6c45)ccc23)cc1. The molecule has 0 aliphatic heterocycles. The number of benzene rings is 11. The molecule has 0 aliphatic rings. The molecule has 0 aliphatic carbocycles. The second-order valence-electron chi connectivity index (χ2n) is 16.8. The minimum atomic E-state index is 0.828. The Hall–Kier alpha value is -8.66. The van der Waals surface area contributed by atoms with Crippen molar-refractivity contribution in [3.8, 4) is 44.5 Å². The second-order valence-corrected chi connectivity index (χ2v) is 16.8. The summed E-state index contributed by atoms with van der Waals surface area (Å²) in [5.74, 6) is 0. The highest BCUT2D eigenvalue weighted by molar-refractivity contribution is 6.18. The Morgan fingerprint density at radius 3 is 1.48 bits per heavy atom. The van der Waals surface area contributed by atoms with E-state index >= 15 is 0 Å². The van der Waals surface area contributed by atoms with Crippen molar-refractivity contribution in [3.05, 3.63) is 237 Å². The summed E-state index contributed by atoms with van der Waals surface area (Å²) in [4.78, 5) is 2.36. The molecule has 0 saturated carbocycles. The summed E-state index contributed by atoms with van der Waals surface area (Å²) >= 11 is 0. The number of furan rings is 2. The fraction of sp³-hybridized carbons (Fsp3) is 0. The highest BCUT2D eigenvalue weighted by Crippen LogP contribution is 2.48. The van der Waals surface area contributed by atoms with E-state index in [0.717, 1.165) is 99.9 Å². The van der Waals surface area contributed by atoms with Crippen molar-refractivity contribution in [2.75, 3.05) is 4.90 Å². The Kier molecular flexibility index (Phi) is 8.53. The lowest BCUT2D eigenvalue weighted by atomic mass is 9.97. The first kappa shape index (κ1) is 36.9. The average molecular weight is 830 g/mol. The van der Waals surface area contributed by atoms with Gasteiger partial charge in [0.05, 0.1) is 11.1 Å². The standard InChI is InChI=1S/C62H39NO2/c1-4-12-40(13-5-1)46-25-31-54-55-33-29-50(39-60(55)64-58(54)37-46)63(49-27-22-42(23-28-49)45-24-30-52-48(36-45)21-20-44-18-10-11-19-51(44)52)57-35-34-53(43-16-8-3-9-17-43)62-61(57)56-32-26-47(38-59(56)65-62)41-14-6-2-7-15-41/h1-39H. The molecular weight excluding hydrogens is 791 g/mol. The van der Waals surface area contributed by atoms with E-state index < -0.39 is 0 Å². The fourth-order valence-corrected chi connectivity index (χ4v) is 9.84. The normalized spacial score (nSPS) is 11.7. The summed E-state index contributed by atoms with van der Waals surface area (Å²) in [7, 11) is 0. The van der Waals surface area contributed by atoms with Crippen LogP contribution in [0.4, 0.5) is 17.1 Å². The van der Waals surface area contributed by atoms with E-state index in [4.69, 9.17) is 8.83 Å². The van der Waals surface area contributed by atoms with Crippen LogP contribution in [0.25, 0.3) is 110 Å². The Morgan fingerprint density at radius 2 is 0.769 bits per heavy atom. The molecule has 0 unspecified atom stereocenters. The van der Waals surface area contributed by atoms with E-state index in [2.05, 4.69) is 235 Å². The molecule has 3 nitrogen and oxygen atoms in total. The maximum atomic E-state index is 7.01. The van der Waals surface area contributed by atoms with Gasteiger partial charge in [0.15, 0.2) is 0 Å². The van der Waals surface area contributed by atoms with Gasteiger partial charge in [0.1, 0.15) is 22.3 Å². The van der Waals surface area contributed by atoms with Crippen LogP contribution in [0.1, 0.15) is 0 Å². The first-order chi connectivity index (χ1) is 32.2. The minimum Gasteiger partial charge on any atom is -0.456 e. The molecule has 0 bridgehead atoms. The minimum absolute atomic E-state index is 0.828. The van der Waals surface area contributed by atoms with Crippen molar-refractivity contribution >= 4 is 82.5 Å². The van der Waals surface area contributed by atoms with Crippen LogP contribution in [0.15, 0.2) is 245 Å². The van der Waals surface area contributed by atoms with Gasteiger partial charge in [-0.1, -0.05) is 164 Å². The molecule has 3 heteroatoms. The van der Waals surface area contributed by atoms with Crippen molar-refractivity contribution in [2.45, 2.75) is 0 Å². The topological polar surface area (TPSA) is 29.5 Å². The molecule has 0 fully saturated rings. The van der Waals surface area contributed by atoms with Crippen molar-refractivity contribution in [2.24, 2.45) is 0 Å².